The summed E-state index contributed by atoms with van der Waals surface area (Å²) in [5.74, 6) is -1.57. The van der Waals surface area contributed by atoms with Crippen molar-refractivity contribution in [3.8, 4) is 5.75 Å². The van der Waals surface area contributed by atoms with E-state index in [0.717, 1.165) is 0 Å². The standard InChI is InChI=1S/C24H28O12/c1-23-18-22(35-21-17(30)16(29)15(28)13(10-25)33-21)32-9-8-24(18,31)20(19(23)36-23)34-14(27)7-4-11-2-5-12(26)6-3-11/h2-9,13,15-22,25-26,28-31H,10H2,1H3/b7-4-/t13-,15-,16+,17-,18-,19+,20+,21+,22+,23-,24+/m1/s1. The minimum absolute atomic E-state index is 0.0888. The Morgan fingerprint density at radius 3 is 2.53 bits per heavy atom. The highest BCUT2D eigenvalue weighted by Gasteiger charge is 2.80. The first-order valence-corrected chi connectivity index (χ1v) is 11.5. The van der Waals surface area contributed by atoms with E-state index >= 15 is 0 Å². The molecule has 4 aliphatic rings. The highest BCUT2D eigenvalue weighted by atomic mass is 16.8. The molecule has 1 aromatic rings. The maximum absolute atomic E-state index is 12.6. The Morgan fingerprint density at radius 1 is 1.11 bits per heavy atom. The number of benzene rings is 1. The third-order valence-corrected chi connectivity index (χ3v) is 7.22. The molecule has 0 spiro atoms. The zero-order chi connectivity index (χ0) is 25.8. The van der Waals surface area contributed by atoms with Crippen LogP contribution in [0.1, 0.15) is 12.5 Å². The van der Waals surface area contributed by atoms with Crippen molar-refractivity contribution in [2.75, 3.05) is 6.61 Å². The van der Waals surface area contributed by atoms with Gasteiger partial charge in [-0.2, -0.15) is 0 Å². The molecule has 0 bridgehead atoms. The summed E-state index contributed by atoms with van der Waals surface area (Å²) in [4.78, 5) is 12.6. The zero-order valence-electron chi connectivity index (χ0n) is 19.2. The number of carbonyl (C=O) groups excluding carboxylic acids is 1. The van der Waals surface area contributed by atoms with Crippen LogP contribution in [-0.4, -0.2) is 104 Å². The van der Waals surface area contributed by atoms with E-state index in [9.17, 15) is 35.4 Å². The maximum atomic E-state index is 12.6. The molecule has 1 saturated carbocycles. The number of phenols is 1. The average molecular weight is 508 g/mol. The van der Waals surface area contributed by atoms with Gasteiger partial charge in [-0.3, -0.25) is 0 Å². The molecule has 1 aromatic carbocycles. The lowest BCUT2D eigenvalue weighted by Gasteiger charge is -2.45. The van der Waals surface area contributed by atoms with Gasteiger partial charge < -0.3 is 54.3 Å². The minimum Gasteiger partial charge on any atom is -0.508 e. The zero-order valence-corrected chi connectivity index (χ0v) is 19.2. The van der Waals surface area contributed by atoms with Crippen molar-refractivity contribution in [2.24, 2.45) is 5.92 Å². The molecule has 3 heterocycles. The number of epoxide rings is 1. The second-order valence-corrected chi connectivity index (χ2v) is 9.51. The Hall–Kier alpha value is -2.55. The normalized spacial score (nSPS) is 45.1. The molecule has 5 rings (SSSR count). The van der Waals surface area contributed by atoms with Gasteiger partial charge in [-0.25, -0.2) is 4.79 Å². The van der Waals surface area contributed by atoms with E-state index in [4.69, 9.17) is 23.7 Å². The lowest BCUT2D eigenvalue weighted by atomic mass is 9.82. The molecule has 2 saturated heterocycles. The van der Waals surface area contributed by atoms with Crippen molar-refractivity contribution in [1.82, 2.24) is 0 Å². The highest BCUT2D eigenvalue weighted by molar-refractivity contribution is 5.87. The molecule has 0 radical (unpaired) electrons. The first-order valence-electron chi connectivity index (χ1n) is 11.5. The van der Waals surface area contributed by atoms with Crippen molar-refractivity contribution in [3.05, 3.63) is 48.2 Å². The molecule has 0 aromatic heterocycles. The molecule has 0 amide bonds. The van der Waals surface area contributed by atoms with Gasteiger partial charge in [0.1, 0.15) is 47.5 Å². The maximum Gasteiger partial charge on any atom is 0.331 e. The average Bonchev–Trinajstić information content (AvgIpc) is 3.48. The van der Waals surface area contributed by atoms with Gasteiger partial charge in [-0.05, 0) is 36.8 Å². The number of phenolic OH excluding ortho intramolecular Hbond substituents is 1. The predicted octanol–water partition coefficient (Wildman–Crippen LogP) is -1.48. The van der Waals surface area contributed by atoms with Crippen molar-refractivity contribution >= 4 is 12.0 Å². The molecule has 11 atom stereocenters. The lowest BCUT2D eigenvalue weighted by molar-refractivity contribution is -0.349. The summed E-state index contributed by atoms with van der Waals surface area (Å²) in [5, 5.41) is 60.7. The van der Waals surface area contributed by atoms with Crippen LogP contribution in [0.4, 0.5) is 0 Å². The van der Waals surface area contributed by atoms with Crippen LogP contribution in [0.25, 0.3) is 6.08 Å². The Bertz CT molecular complexity index is 1040. The van der Waals surface area contributed by atoms with Gasteiger partial charge in [0.25, 0.3) is 0 Å². The Balaban J connectivity index is 1.31. The van der Waals surface area contributed by atoms with Crippen molar-refractivity contribution in [3.63, 3.8) is 0 Å². The molecular weight excluding hydrogens is 480 g/mol. The topological polar surface area (TPSA) is 188 Å². The van der Waals surface area contributed by atoms with Crippen LogP contribution in [0.5, 0.6) is 5.75 Å². The summed E-state index contributed by atoms with van der Waals surface area (Å²) >= 11 is 0. The SMILES string of the molecule is C[C@]12O[C@H]1[C@H](OC(=O)/C=C\c1ccc(O)cc1)[C@]1(O)C=CO[C@@H](O[C@@H]3O[C@H](CO)[C@@H](O)[C@H](O)[C@H]3O)[C@@H]12. The number of aliphatic hydroxyl groups excluding tert-OH is 4. The summed E-state index contributed by atoms with van der Waals surface area (Å²) in [6, 6.07) is 6.17. The second-order valence-electron chi connectivity index (χ2n) is 9.51. The third kappa shape index (κ3) is 4.09. The summed E-state index contributed by atoms with van der Waals surface area (Å²) in [6.45, 7) is 1.06. The molecule has 3 fully saturated rings. The molecule has 6 N–H and O–H groups in total. The fourth-order valence-corrected chi connectivity index (χ4v) is 5.21. The largest absolute Gasteiger partial charge is 0.508 e. The number of aromatic hydroxyl groups is 1. The number of ether oxygens (including phenoxy) is 5. The van der Waals surface area contributed by atoms with Crippen LogP contribution in [0.15, 0.2) is 42.7 Å². The Labute approximate surface area is 205 Å². The van der Waals surface area contributed by atoms with E-state index in [2.05, 4.69) is 0 Å². The smallest absolute Gasteiger partial charge is 0.331 e. The van der Waals surface area contributed by atoms with Crippen molar-refractivity contribution in [2.45, 2.75) is 67.3 Å². The van der Waals surface area contributed by atoms with Gasteiger partial charge >= 0.3 is 5.97 Å². The Kier molecular flexibility index (Phi) is 6.34. The van der Waals surface area contributed by atoms with Crippen LogP contribution < -0.4 is 0 Å². The van der Waals surface area contributed by atoms with Crippen molar-refractivity contribution < 1.29 is 59.1 Å². The van der Waals surface area contributed by atoms with Crippen molar-refractivity contribution in [1.29, 1.82) is 0 Å². The van der Waals surface area contributed by atoms with E-state index in [1.165, 1.54) is 36.6 Å². The number of esters is 1. The van der Waals surface area contributed by atoms with E-state index in [-0.39, 0.29) is 5.75 Å². The number of carbonyl (C=O) groups is 1. The highest BCUT2D eigenvalue weighted by Crippen LogP contribution is 2.62. The number of hydrogen-bond donors (Lipinski definition) is 6. The van der Waals surface area contributed by atoms with Gasteiger partial charge in [-0.15, -0.1) is 0 Å². The van der Waals surface area contributed by atoms with Crippen LogP contribution in [-0.2, 0) is 28.5 Å². The number of fused-ring (bicyclic) bond motifs is 3. The van der Waals surface area contributed by atoms with E-state index < -0.39 is 78.9 Å². The fourth-order valence-electron chi connectivity index (χ4n) is 5.21. The van der Waals surface area contributed by atoms with Crippen LogP contribution >= 0.6 is 0 Å². The summed E-state index contributed by atoms with van der Waals surface area (Å²) in [7, 11) is 0. The monoisotopic (exact) mass is 508 g/mol. The summed E-state index contributed by atoms with van der Waals surface area (Å²) < 4.78 is 28.1. The van der Waals surface area contributed by atoms with Gasteiger partial charge in [0.15, 0.2) is 12.4 Å². The first kappa shape index (κ1) is 25.1. The molecule has 12 nitrogen and oxygen atoms in total. The second kappa shape index (κ2) is 9.08. The third-order valence-electron chi connectivity index (χ3n) is 7.22. The van der Waals surface area contributed by atoms with Gasteiger partial charge in [-0.1, -0.05) is 12.1 Å². The number of rotatable bonds is 6. The number of aliphatic hydroxyl groups is 5. The van der Waals surface area contributed by atoms with Crippen LogP contribution in [0.2, 0.25) is 0 Å². The van der Waals surface area contributed by atoms with Gasteiger partial charge in [0.2, 0.25) is 6.29 Å². The molecule has 36 heavy (non-hydrogen) atoms. The quantitative estimate of drug-likeness (QED) is 0.149. The fraction of sp³-hybridized carbons (Fsp3) is 0.542. The minimum atomic E-state index is -1.75. The molecule has 3 aliphatic heterocycles. The van der Waals surface area contributed by atoms with Crippen LogP contribution in [0, 0.1) is 5.92 Å². The molecule has 196 valence electrons. The molecule has 12 heteroatoms. The molecule has 0 unspecified atom stereocenters. The van der Waals surface area contributed by atoms with E-state index in [0.29, 0.717) is 5.56 Å². The molecule has 1 aliphatic carbocycles. The summed E-state index contributed by atoms with van der Waals surface area (Å²) in [5.41, 5.74) is -2.11. The van der Waals surface area contributed by atoms with Gasteiger partial charge in [0, 0.05) is 6.08 Å². The van der Waals surface area contributed by atoms with Crippen LogP contribution in [0.3, 0.4) is 0 Å². The van der Waals surface area contributed by atoms with E-state index in [1.807, 2.05) is 0 Å². The molecular formula is C24H28O12. The van der Waals surface area contributed by atoms with Gasteiger partial charge in [0.05, 0.1) is 18.8 Å². The van der Waals surface area contributed by atoms with E-state index in [1.54, 1.807) is 19.1 Å². The Morgan fingerprint density at radius 2 is 1.83 bits per heavy atom. The number of hydrogen-bond acceptors (Lipinski definition) is 12. The first-order chi connectivity index (χ1) is 17.1. The summed E-state index contributed by atoms with van der Waals surface area (Å²) in [6.07, 6.45) is -5.42. The lowest BCUT2D eigenvalue weighted by Crippen LogP contribution is -2.62. The predicted molar refractivity (Wildman–Crippen MR) is 118 cm³/mol.